The van der Waals surface area contributed by atoms with Crippen molar-refractivity contribution in [2.75, 3.05) is 10.6 Å². The van der Waals surface area contributed by atoms with E-state index in [4.69, 9.17) is 0 Å². The average Bonchev–Trinajstić information content (AvgIpc) is 2.75. The Labute approximate surface area is 164 Å². The van der Waals surface area contributed by atoms with Crippen LogP contribution >= 0.6 is 0 Å². The van der Waals surface area contributed by atoms with E-state index in [1.165, 1.54) is 5.56 Å². The maximum Gasteiger partial charge on any atom is 0.225 e. The minimum Gasteiger partial charge on any atom is -0.348 e. The van der Waals surface area contributed by atoms with Crippen LogP contribution in [0.25, 0.3) is 11.3 Å². The molecule has 0 aliphatic carbocycles. The van der Waals surface area contributed by atoms with Crippen molar-refractivity contribution in [3.8, 4) is 11.3 Å². The fraction of sp³-hybridized carbons (Fsp3) is 0.0870. The van der Waals surface area contributed by atoms with Gasteiger partial charge in [0.2, 0.25) is 5.95 Å². The monoisotopic (exact) mass is 367 g/mol. The van der Waals surface area contributed by atoms with Gasteiger partial charge in [-0.15, -0.1) is 0 Å². The highest BCUT2D eigenvalue weighted by molar-refractivity contribution is 5.67. The van der Waals surface area contributed by atoms with Crippen molar-refractivity contribution in [2.24, 2.45) is 0 Å². The molecule has 138 valence electrons. The van der Waals surface area contributed by atoms with Crippen LogP contribution < -0.4 is 10.6 Å². The summed E-state index contributed by atoms with van der Waals surface area (Å²) in [6, 6.07) is 26.1. The van der Waals surface area contributed by atoms with Gasteiger partial charge in [-0.3, -0.25) is 4.98 Å². The average molecular weight is 367 g/mol. The molecule has 2 aromatic heterocycles. The first-order valence-electron chi connectivity index (χ1n) is 9.18. The van der Waals surface area contributed by atoms with E-state index in [0.717, 1.165) is 28.5 Å². The van der Waals surface area contributed by atoms with Crippen molar-refractivity contribution in [1.82, 2.24) is 15.0 Å². The van der Waals surface area contributed by atoms with Gasteiger partial charge in [-0.2, -0.15) is 4.98 Å². The molecule has 0 aliphatic heterocycles. The second kappa shape index (κ2) is 8.31. The number of nitrogens with zero attached hydrogens (tertiary/aromatic N) is 3. The first-order chi connectivity index (χ1) is 13.8. The largest absolute Gasteiger partial charge is 0.348 e. The maximum atomic E-state index is 4.68. The number of hydrogen-bond acceptors (Lipinski definition) is 5. The molecule has 5 nitrogen and oxygen atoms in total. The van der Waals surface area contributed by atoms with E-state index in [2.05, 4.69) is 44.6 Å². The predicted molar refractivity (Wildman–Crippen MR) is 113 cm³/mol. The summed E-state index contributed by atoms with van der Waals surface area (Å²) >= 11 is 0. The number of benzene rings is 2. The van der Waals surface area contributed by atoms with Gasteiger partial charge in [0.15, 0.2) is 0 Å². The molecule has 0 atom stereocenters. The van der Waals surface area contributed by atoms with E-state index in [1.807, 2.05) is 66.7 Å². The molecule has 0 unspecified atom stereocenters. The summed E-state index contributed by atoms with van der Waals surface area (Å²) < 4.78 is 0. The van der Waals surface area contributed by atoms with Gasteiger partial charge in [0.25, 0.3) is 0 Å². The number of rotatable bonds is 6. The van der Waals surface area contributed by atoms with Crippen LogP contribution in [0.3, 0.4) is 0 Å². The van der Waals surface area contributed by atoms with Crippen LogP contribution in [0.5, 0.6) is 0 Å². The highest BCUT2D eigenvalue weighted by atomic mass is 15.1. The van der Waals surface area contributed by atoms with E-state index in [0.29, 0.717) is 12.5 Å². The Morgan fingerprint density at radius 3 is 2.36 bits per heavy atom. The molecule has 0 saturated heterocycles. The predicted octanol–water partition coefficient (Wildman–Crippen LogP) is 5.20. The van der Waals surface area contributed by atoms with Gasteiger partial charge >= 0.3 is 0 Å². The van der Waals surface area contributed by atoms with Crippen LogP contribution in [0, 0.1) is 6.92 Å². The van der Waals surface area contributed by atoms with Crippen LogP contribution in [0.1, 0.15) is 11.3 Å². The summed E-state index contributed by atoms with van der Waals surface area (Å²) in [6.45, 7) is 2.63. The molecular weight excluding hydrogens is 346 g/mol. The summed E-state index contributed by atoms with van der Waals surface area (Å²) in [7, 11) is 0. The molecule has 0 saturated carbocycles. The van der Waals surface area contributed by atoms with Gasteiger partial charge in [-0.1, -0.05) is 54.1 Å². The number of pyridine rings is 1. The summed E-state index contributed by atoms with van der Waals surface area (Å²) in [5.41, 5.74) is 5.03. The third-order valence-corrected chi connectivity index (χ3v) is 4.27. The number of aryl methyl sites for hydroxylation is 1. The van der Waals surface area contributed by atoms with E-state index >= 15 is 0 Å². The van der Waals surface area contributed by atoms with Crippen LogP contribution in [0.2, 0.25) is 0 Å². The smallest absolute Gasteiger partial charge is 0.225 e. The molecule has 2 heterocycles. The molecule has 4 aromatic rings. The lowest BCUT2D eigenvalue weighted by molar-refractivity contribution is 1.00. The number of hydrogen-bond donors (Lipinski definition) is 2. The zero-order chi connectivity index (χ0) is 19.2. The molecule has 0 radical (unpaired) electrons. The molecule has 0 bridgehead atoms. The van der Waals surface area contributed by atoms with Gasteiger partial charge in [0.1, 0.15) is 5.82 Å². The highest BCUT2D eigenvalue weighted by Gasteiger charge is 2.08. The molecule has 2 aromatic carbocycles. The number of aromatic nitrogens is 3. The van der Waals surface area contributed by atoms with E-state index < -0.39 is 0 Å². The van der Waals surface area contributed by atoms with Crippen molar-refractivity contribution >= 4 is 17.5 Å². The van der Waals surface area contributed by atoms with Crippen LogP contribution in [0.4, 0.5) is 17.5 Å². The lowest BCUT2D eigenvalue weighted by atomic mass is 10.1. The van der Waals surface area contributed by atoms with Crippen molar-refractivity contribution in [3.05, 3.63) is 96.3 Å². The molecule has 0 aliphatic rings. The molecular formula is C23H21N5. The zero-order valence-corrected chi connectivity index (χ0v) is 15.6. The molecule has 4 rings (SSSR count). The Morgan fingerprint density at radius 1 is 0.821 bits per heavy atom. The quantitative estimate of drug-likeness (QED) is 0.490. The first-order valence-corrected chi connectivity index (χ1v) is 9.18. The normalized spacial score (nSPS) is 10.5. The molecule has 0 amide bonds. The molecule has 5 heteroatoms. The van der Waals surface area contributed by atoms with Crippen molar-refractivity contribution < 1.29 is 0 Å². The molecule has 2 N–H and O–H groups in total. The Hall–Kier alpha value is -3.73. The second-order valence-electron chi connectivity index (χ2n) is 6.49. The summed E-state index contributed by atoms with van der Waals surface area (Å²) in [4.78, 5) is 13.7. The molecule has 28 heavy (non-hydrogen) atoms. The van der Waals surface area contributed by atoms with Gasteiger partial charge in [0.05, 0.1) is 17.9 Å². The molecule has 0 fully saturated rings. The SMILES string of the molecule is Cc1ccc(Nc2cc(-c3ccccc3)nc(NCc3ccccn3)n2)cc1. The van der Waals surface area contributed by atoms with Gasteiger partial charge < -0.3 is 10.6 Å². The van der Waals surface area contributed by atoms with Gasteiger partial charge in [-0.25, -0.2) is 4.98 Å². The third kappa shape index (κ3) is 4.51. The fourth-order valence-electron chi connectivity index (χ4n) is 2.80. The first kappa shape index (κ1) is 17.7. The minimum atomic E-state index is 0.557. The van der Waals surface area contributed by atoms with Crippen molar-refractivity contribution in [1.29, 1.82) is 0 Å². The Kier molecular flexibility index (Phi) is 5.24. The van der Waals surface area contributed by atoms with Gasteiger partial charge in [-0.05, 0) is 31.2 Å². The topological polar surface area (TPSA) is 62.7 Å². The molecule has 0 spiro atoms. The third-order valence-electron chi connectivity index (χ3n) is 4.27. The highest BCUT2D eigenvalue weighted by Crippen LogP contribution is 2.24. The standard InChI is InChI=1S/C23H21N5/c1-17-10-12-19(13-11-17)26-22-15-21(18-7-3-2-4-8-18)27-23(28-22)25-16-20-9-5-6-14-24-20/h2-15H,16H2,1H3,(H2,25,26,27,28). The Bertz CT molecular complexity index is 1030. The van der Waals surface area contributed by atoms with Crippen molar-refractivity contribution in [2.45, 2.75) is 13.5 Å². The van der Waals surface area contributed by atoms with Crippen molar-refractivity contribution in [3.63, 3.8) is 0 Å². The van der Waals surface area contributed by atoms with Crippen LogP contribution in [-0.4, -0.2) is 15.0 Å². The fourth-order valence-corrected chi connectivity index (χ4v) is 2.80. The summed E-state index contributed by atoms with van der Waals surface area (Å²) in [5.74, 6) is 1.29. The second-order valence-corrected chi connectivity index (χ2v) is 6.49. The van der Waals surface area contributed by atoms with Crippen LogP contribution in [-0.2, 0) is 6.54 Å². The van der Waals surface area contributed by atoms with E-state index in [1.54, 1.807) is 6.20 Å². The number of anilines is 3. The van der Waals surface area contributed by atoms with Gasteiger partial charge in [0, 0.05) is 23.5 Å². The maximum absolute atomic E-state index is 4.68. The summed E-state index contributed by atoms with van der Waals surface area (Å²) in [6.07, 6.45) is 1.78. The minimum absolute atomic E-state index is 0.557. The zero-order valence-electron chi connectivity index (χ0n) is 15.6. The Morgan fingerprint density at radius 2 is 1.61 bits per heavy atom. The summed E-state index contributed by atoms with van der Waals surface area (Å²) in [5, 5.41) is 6.65. The van der Waals surface area contributed by atoms with E-state index in [-0.39, 0.29) is 0 Å². The number of nitrogens with one attached hydrogen (secondary N) is 2. The van der Waals surface area contributed by atoms with E-state index in [9.17, 15) is 0 Å². The Balaban J connectivity index is 1.63. The lowest BCUT2D eigenvalue weighted by Crippen LogP contribution is -2.07. The van der Waals surface area contributed by atoms with Crippen LogP contribution in [0.15, 0.2) is 85.1 Å². The lowest BCUT2D eigenvalue weighted by Gasteiger charge is -2.12.